The predicted molar refractivity (Wildman–Crippen MR) is 71.8 cm³/mol. The Hall–Kier alpha value is -2.10. The average molecular weight is 244 g/mol. The van der Waals surface area contributed by atoms with E-state index in [0.29, 0.717) is 11.6 Å². The molecule has 1 atom stereocenters. The van der Waals surface area contributed by atoms with Crippen molar-refractivity contribution in [2.75, 3.05) is 0 Å². The zero-order chi connectivity index (χ0) is 13.1. The third-order valence-corrected chi connectivity index (χ3v) is 3.16. The van der Waals surface area contributed by atoms with Gasteiger partial charge in [-0.05, 0) is 23.5 Å². The van der Waals surface area contributed by atoms with Crippen molar-refractivity contribution in [1.29, 1.82) is 0 Å². The highest BCUT2D eigenvalue weighted by molar-refractivity contribution is 5.58. The van der Waals surface area contributed by atoms with Crippen LogP contribution in [0, 0.1) is 0 Å². The lowest BCUT2D eigenvalue weighted by Crippen LogP contribution is -2.21. The van der Waals surface area contributed by atoms with E-state index in [1.165, 1.54) is 11.6 Å². The number of rotatable bonds is 3. The molecule has 1 heterocycles. The molecule has 2 aromatic rings. The van der Waals surface area contributed by atoms with Gasteiger partial charge in [-0.1, -0.05) is 38.1 Å². The fourth-order valence-corrected chi connectivity index (χ4v) is 1.85. The Kier molecular flexibility index (Phi) is 3.46. The van der Waals surface area contributed by atoms with E-state index in [1.54, 1.807) is 0 Å². The lowest BCUT2D eigenvalue weighted by Gasteiger charge is -2.09. The quantitative estimate of drug-likeness (QED) is 0.869. The molecule has 0 aliphatic heterocycles. The Morgan fingerprint density at radius 3 is 2.33 bits per heavy atom. The third kappa shape index (κ3) is 2.59. The second kappa shape index (κ2) is 5.04. The summed E-state index contributed by atoms with van der Waals surface area (Å²) in [6.07, 6.45) is 1.08. The fraction of sp³-hybridized carbons (Fsp3) is 0.286. The van der Waals surface area contributed by atoms with Gasteiger partial charge in [-0.15, -0.1) is 0 Å². The van der Waals surface area contributed by atoms with E-state index in [1.807, 2.05) is 24.3 Å². The minimum absolute atomic E-state index is 0.389. The first-order chi connectivity index (χ1) is 8.60. The van der Waals surface area contributed by atoms with Gasteiger partial charge in [-0.3, -0.25) is 9.78 Å². The molecule has 0 aliphatic carbocycles. The SMILES string of the molecule is CCC(C)c1ccc(-c2cc(=O)[nH]c(=O)[nH]2)cc1. The summed E-state index contributed by atoms with van der Waals surface area (Å²) in [6.45, 7) is 4.32. The van der Waals surface area contributed by atoms with Gasteiger partial charge in [0.05, 0.1) is 5.69 Å². The van der Waals surface area contributed by atoms with Crippen LogP contribution in [-0.4, -0.2) is 9.97 Å². The van der Waals surface area contributed by atoms with Crippen LogP contribution in [-0.2, 0) is 0 Å². The number of aromatic amines is 2. The van der Waals surface area contributed by atoms with E-state index < -0.39 is 5.69 Å². The summed E-state index contributed by atoms with van der Waals surface area (Å²) in [5.74, 6) is 0.511. The van der Waals surface area contributed by atoms with Crippen LogP contribution in [0.1, 0.15) is 31.7 Å². The normalized spacial score (nSPS) is 12.3. The summed E-state index contributed by atoms with van der Waals surface area (Å²) in [6, 6.07) is 9.30. The van der Waals surface area contributed by atoms with Gasteiger partial charge in [-0.25, -0.2) is 4.79 Å². The Bertz CT molecular complexity index is 610. The first-order valence-electron chi connectivity index (χ1n) is 6.04. The Balaban J connectivity index is 2.40. The van der Waals surface area contributed by atoms with Crippen LogP contribution in [0.15, 0.2) is 39.9 Å². The summed E-state index contributed by atoms with van der Waals surface area (Å²) >= 11 is 0. The van der Waals surface area contributed by atoms with Crippen LogP contribution < -0.4 is 11.2 Å². The molecular weight excluding hydrogens is 228 g/mol. The first kappa shape index (κ1) is 12.4. The van der Waals surface area contributed by atoms with Gasteiger partial charge in [0.2, 0.25) is 0 Å². The molecule has 94 valence electrons. The maximum absolute atomic E-state index is 11.2. The zero-order valence-corrected chi connectivity index (χ0v) is 10.5. The zero-order valence-electron chi connectivity index (χ0n) is 10.5. The van der Waals surface area contributed by atoms with Crippen LogP contribution in [0.4, 0.5) is 0 Å². The molecule has 0 spiro atoms. The molecule has 0 radical (unpaired) electrons. The fourth-order valence-electron chi connectivity index (χ4n) is 1.85. The summed E-state index contributed by atoms with van der Waals surface area (Å²) in [7, 11) is 0. The number of nitrogens with one attached hydrogen (secondary N) is 2. The lowest BCUT2D eigenvalue weighted by atomic mass is 9.97. The van der Waals surface area contributed by atoms with Gasteiger partial charge in [-0.2, -0.15) is 0 Å². The molecule has 4 heteroatoms. The maximum Gasteiger partial charge on any atom is 0.326 e. The highest BCUT2D eigenvalue weighted by Crippen LogP contribution is 2.21. The molecule has 0 bridgehead atoms. The predicted octanol–water partition coefficient (Wildman–Crippen LogP) is 2.24. The van der Waals surface area contributed by atoms with Crippen molar-refractivity contribution in [1.82, 2.24) is 9.97 Å². The molecule has 1 unspecified atom stereocenters. The first-order valence-corrected chi connectivity index (χ1v) is 6.04. The van der Waals surface area contributed by atoms with Crippen molar-refractivity contribution in [2.24, 2.45) is 0 Å². The topological polar surface area (TPSA) is 65.7 Å². The van der Waals surface area contributed by atoms with Crippen molar-refractivity contribution in [2.45, 2.75) is 26.2 Å². The standard InChI is InChI=1S/C14H16N2O2/c1-3-9(2)10-4-6-11(7-5-10)12-8-13(17)16-14(18)15-12/h4-9H,3H2,1-2H3,(H2,15,16,17,18). The minimum atomic E-state index is -0.483. The van der Waals surface area contributed by atoms with Crippen LogP contribution in [0.2, 0.25) is 0 Å². The van der Waals surface area contributed by atoms with E-state index in [-0.39, 0.29) is 5.56 Å². The van der Waals surface area contributed by atoms with Crippen LogP contribution in [0.3, 0.4) is 0 Å². The van der Waals surface area contributed by atoms with Gasteiger partial charge in [0, 0.05) is 6.07 Å². The smallest absolute Gasteiger partial charge is 0.307 e. The van der Waals surface area contributed by atoms with Crippen molar-refractivity contribution in [3.63, 3.8) is 0 Å². The Morgan fingerprint density at radius 2 is 1.78 bits per heavy atom. The monoisotopic (exact) mass is 244 g/mol. The van der Waals surface area contributed by atoms with Crippen LogP contribution in [0.25, 0.3) is 11.3 Å². The van der Waals surface area contributed by atoms with Gasteiger partial charge < -0.3 is 4.98 Å². The van der Waals surface area contributed by atoms with E-state index >= 15 is 0 Å². The molecule has 0 fully saturated rings. The second-order valence-corrected chi connectivity index (χ2v) is 4.43. The largest absolute Gasteiger partial charge is 0.326 e. The number of hydrogen-bond acceptors (Lipinski definition) is 2. The van der Waals surface area contributed by atoms with Gasteiger partial charge >= 0.3 is 5.69 Å². The highest BCUT2D eigenvalue weighted by Gasteiger charge is 2.04. The summed E-state index contributed by atoms with van der Waals surface area (Å²) < 4.78 is 0. The molecule has 4 nitrogen and oxygen atoms in total. The number of hydrogen-bond donors (Lipinski definition) is 2. The molecule has 2 rings (SSSR count). The summed E-state index contributed by atoms with van der Waals surface area (Å²) in [5, 5.41) is 0. The summed E-state index contributed by atoms with van der Waals surface area (Å²) in [4.78, 5) is 27.2. The van der Waals surface area contributed by atoms with Crippen molar-refractivity contribution < 1.29 is 0 Å². The van der Waals surface area contributed by atoms with E-state index in [0.717, 1.165) is 12.0 Å². The summed E-state index contributed by atoms with van der Waals surface area (Å²) in [5.41, 5.74) is 1.77. The van der Waals surface area contributed by atoms with E-state index in [2.05, 4.69) is 23.8 Å². The third-order valence-electron chi connectivity index (χ3n) is 3.16. The number of benzene rings is 1. The highest BCUT2D eigenvalue weighted by atomic mass is 16.2. The molecule has 0 saturated carbocycles. The molecule has 1 aromatic carbocycles. The lowest BCUT2D eigenvalue weighted by molar-refractivity contribution is 0.734. The van der Waals surface area contributed by atoms with Crippen LogP contribution in [0.5, 0.6) is 0 Å². The molecule has 0 aliphatic rings. The molecule has 18 heavy (non-hydrogen) atoms. The van der Waals surface area contributed by atoms with Gasteiger partial charge in [0.15, 0.2) is 0 Å². The molecule has 0 saturated heterocycles. The molecule has 2 N–H and O–H groups in total. The number of aromatic nitrogens is 2. The van der Waals surface area contributed by atoms with Gasteiger partial charge in [0.1, 0.15) is 0 Å². The Morgan fingerprint density at radius 1 is 1.11 bits per heavy atom. The molecular formula is C14H16N2O2. The van der Waals surface area contributed by atoms with E-state index in [9.17, 15) is 9.59 Å². The Labute approximate surface area is 105 Å². The molecule has 1 aromatic heterocycles. The van der Waals surface area contributed by atoms with E-state index in [4.69, 9.17) is 0 Å². The average Bonchev–Trinajstić information content (AvgIpc) is 2.37. The van der Waals surface area contributed by atoms with Crippen molar-refractivity contribution >= 4 is 0 Å². The van der Waals surface area contributed by atoms with Crippen LogP contribution >= 0.6 is 0 Å². The second-order valence-electron chi connectivity index (χ2n) is 4.43. The van der Waals surface area contributed by atoms with Crippen molar-refractivity contribution in [3.05, 3.63) is 56.7 Å². The minimum Gasteiger partial charge on any atom is -0.307 e. The van der Waals surface area contributed by atoms with Crippen molar-refractivity contribution in [3.8, 4) is 11.3 Å². The maximum atomic E-state index is 11.2. The van der Waals surface area contributed by atoms with Gasteiger partial charge in [0.25, 0.3) is 5.56 Å². The molecule has 0 amide bonds. The number of H-pyrrole nitrogens is 2.